The van der Waals surface area contributed by atoms with Gasteiger partial charge in [0.15, 0.2) is 11.5 Å². The van der Waals surface area contributed by atoms with Crippen molar-refractivity contribution in [2.75, 3.05) is 13.2 Å². The van der Waals surface area contributed by atoms with E-state index >= 15 is 0 Å². The third-order valence-electron chi connectivity index (χ3n) is 3.01. The summed E-state index contributed by atoms with van der Waals surface area (Å²) in [6.07, 6.45) is 3.57. The second kappa shape index (κ2) is 6.78. The lowest BCUT2D eigenvalue weighted by Gasteiger charge is -2.14. The third kappa shape index (κ3) is 3.53. The van der Waals surface area contributed by atoms with E-state index in [1.165, 1.54) is 6.07 Å². The first-order chi connectivity index (χ1) is 10.1. The van der Waals surface area contributed by atoms with E-state index in [0.717, 1.165) is 5.82 Å². The van der Waals surface area contributed by atoms with E-state index in [2.05, 4.69) is 4.98 Å². The van der Waals surface area contributed by atoms with Gasteiger partial charge >= 0.3 is 5.97 Å². The van der Waals surface area contributed by atoms with Gasteiger partial charge in [-0.05, 0) is 26.0 Å². The summed E-state index contributed by atoms with van der Waals surface area (Å²) >= 11 is 0. The average Bonchev–Trinajstić information content (AvgIpc) is 2.86. The Kier molecular flexibility index (Phi) is 4.81. The molecule has 1 aromatic carbocycles. The molecule has 112 valence electrons. The summed E-state index contributed by atoms with van der Waals surface area (Å²) in [6, 6.07) is 4.84. The molecule has 0 spiro atoms. The number of carbonyl (C=O) groups is 1. The number of imidazole rings is 1. The lowest BCUT2D eigenvalue weighted by Crippen LogP contribution is -2.12. The molecule has 6 heteroatoms. The number of hydrogen-bond acceptors (Lipinski definition) is 4. The van der Waals surface area contributed by atoms with Crippen LogP contribution in [0.5, 0.6) is 11.5 Å². The molecule has 0 aliphatic rings. The van der Waals surface area contributed by atoms with Crippen molar-refractivity contribution in [1.82, 2.24) is 9.55 Å². The van der Waals surface area contributed by atoms with Crippen LogP contribution in [0.4, 0.5) is 0 Å². The highest BCUT2D eigenvalue weighted by Crippen LogP contribution is 2.31. The van der Waals surface area contributed by atoms with Crippen molar-refractivity contribution in [3.63, 3.8) is 0 Å². The standard InChI is InChI=1S/C15H18N2O4/c1-3-20-13-6-4-5-12(15(18)19)14(13)21-10-9-17-8-7-16-11(17)2/h4-8H,3,9-10H2,1-2H3,(H,18,19). The van der Waals surface area contributed by atoms with Crippen LogP contribution < -0.4 is 9.47 Å². The first-order valence-electron chi connectivity index (χ1n) is 6.73. The Hall–Kier alpha value is -2.50. The van der Waals surface area contributed by atoms with Crippen molar-refractivity contribution < 1.29 is 19.4 Å². The number of carboxylic acid groups (broad SMARTS) is 1. The normalized spacial score (nSPS) is 10.4. The molecule has 0 saturated carbocycles. The molecule has 2 rings (SSSR count). The maximum Gasteiger partial charge on any atom is 0.339 e. The molecular weight excluding hydrogens is 272 g/mol. The van der Waals surface area contributed by atoms with Crippen LogP contribution in [0.3, 0.4) is 0 Å². The van der Waals surface area contributed by atoms with Gasteiger partial charge in [0.25, 0.3) is 0 Å². The van der Waals surface area contributed by atoms with Gasteiger partial charge in [0.2, 0.25) is 0 Å². The largest absolute Gasteiger partial charge is 0.490 e. The Morgan fingerprint density at radius 2 is 2.19 bits per heavy atom. The minimum atomic E-state index is -1.04. The van der Waals surface area contributed by atoms with Gasteiger partial charge in [-0.1, -0.05) is 6.07 Å². The van der Waals surface area contributed by atoms with Crippen LogP contribution in [-0.4, -0.2) is 33.8 Å². The molecule has 0 saturated heterocycles. The number of nitrogens with zero attached hydrogens (tertiary/aromatic N) is 2. The number of aromatic carboxylic acids is 1. The van der Waals surface area contributed by atoms with Crippen molar-refractivity contribution in [2.45, 2.75) is 20.4 Å². The van der Waals surface area contributed by atoms with E-state index < -0.39 is 5.97 Å². The number of carboxylic acids is 1. The molecule has 1 N–H and O–H groups in total. The minimum absolute atomic E-state index is 0.100. The molecule has 0 aliphatic carbocycles. The monoisotopic (exact) mass is 290 g/mol. The van der Waals surface area contributed by atoms with Crippen LogP contribution in [0.2, 0.25) is 0 Å². The number of ether oxygens (including phenoxy) is 2. The number of para-hydroxylation sites is 1. The first kappa shape index (κ1) is 14.9. The quantitative estimate of drug-likeness (QED) is 0.847. The molecule has 0 amide bonds. The summed E-state index contributed by atoms with van der Waals surface area (Å²) in [7, 11) is 0. The number of rotatable bonds is 7. The summed E-state index contributed by atoms with van der Waals surface area (Å²) in [5.41, 5.74) is 0.100. The fourth-order valence-electron chi connectivity index (χ4n) is 1.99. The highest BCUT2D eigenvalue weighted by atomic mass is 16.5. The fraction of sp³-hybridized carbons (Fsp3) is 0.333. The van der Waals surface area contributed by atoms with Gasteiger partial charge in [-0.15, -0.1) is 0 Å². The Balaban J connectivity index is 2.13. The summed E-state index contributed by atoms with van der Waals surface area (Å²) < 4.78 is 13.0. The molecule has 1 heterocycles. The van der Waals surface area contributed by atoms with Crippen molar-refractivity contribution in [3.8, 4) is 11.5 Å². The highest BCUT2D eigenvalue weighted by Gasteiger charge is 2.16. The summed E-state index contributed by atoms with van der Waals surface area (Å²) in [5.74, 6) is 0.560. The first-order valence-corrected chi connectivity index (χ1v) is 6.73. The number of benzene rings is 1. The molecule has 0 bridgehead atoms. The Morgan fingerprint density at radius 3 is 2.81 bits per heavy atom. The summed E-state index contributed by atoms with van der Waals surface area (Å²) in [6.45, 7) is 5.11. The molecular formula is C15H18N2O4. The molecule has 0 fully saturated rings. The van der Waals surface area contributed by atoms with E-state index in [1.54, 1.807) is 18.3 Å². The topological polar surface area (TPSA) is 73.6 Å². The molecule has 0 aliphatic heterocycles. The van der Waals surface area contributed by atoms with Gasteiger partial charge in [0.05, 0.1) is 13.2 Å². The summed E-state index contributed by atoms with van der Waals surface area (Å²) in [5, 5.41) is 9.23. The van der Waals surface area contributed by atoms with Gasteiger partial charge in [-0.3, -0.25) is 0 Å². The van der Waals surface area contributed by atoms with Crippen LogP contribution in [0.1, 0.15) is 23.1 Å². The lowest BCUT2D eigenvalue weighted by atomic mass is 10.2. The maximum absolute atomic E-state index is 11.3. The highest BCUT2D eigenvalue weighted by molar-refractivity contribution is 5.92. The van der Waals surface area contributed by atoms with E-state index in [0.29, 0.717) is 25.5 Å². The smallest absolute Gasteiger partial charge is 0.339 e. The van der Waals surface area contributed by atoms with E-state index in [-0.39, 0.29) is 11.3 Å². The second-order valence-corrected chi connectivity index (χ2v) is 4.39. The Bertz CT molecular complexity index is 622. The molecule has 0 atom stereocenters. The zero-order valence-corrected chi connectivity index (χ0v) is 12.1. The fourth-order valence-corrected chi connectivity index (χ4v) is 1.99. The van der Waals surface area contributed by atoms with Gasteiger partial charge in [-0.25, -0.2) is 9.78 Å². The van der Waals surface area contributed by atoms with Crippen LogP contribution in [0, 0.1) is 6.92 Å². The van der Waals surface area contributed by atoms with E-state index in [9.17, 15) is 9.90 Å². The zero-order chi connectivity index (χ0) is 15.2. The molecule has 0 unspecified atom stereocenters. The van der Waals surface area contributed by atoms with Crippen molar-refractivity contribution in [2.24, 2.45) is 0 Å². The van der Waals surface area contributed by atoms with Crippen LogP contribution in [0.15, 0.2) is 30.6 Å². The van der Waals surface area contributed by atoms with Crippen LogP contribution >= 0.6 is 0 Å². The molecule has 6 nitrogen and oxygen atoms in total. The molecule has 21 heavy (non-hydrogen) atoms. The van der Waals surface area contributed by atoms with Crippen molar-refractivity contribution in [1.29, 1.82) is 0 Å². The predicted molar refractivity (Wildman–Crippen MR) is 77.0 cm³/mol. The van der Waals surface area contributed by atoms with Crippen molar-refractivity contribution in [3.05, 3.63) is 42.0 Å². The molecule has 1 aromatic heterocycles. The predicted octanol–water partition coefficient (Wildman–Crippen LogP) is 2.37. The summed E-state index contributed by atoms with van der Waals surface area (Å²) in [4.78, 5) is 15.4. The Morgan fingerprint density at radius 1 is 1.38 bits per heavy atom. The maximum atomic E-state index is 11.3. The average molecular weight is 290 g/mol. The van der Waals surface area contributed by atoms with Gasteiger partial charge in [0, 0.05) is 12.4 Å². The lowest BCUT2D eigenvalue weighted by molar-refractivity contribution is 0.0691. The van der Waals surface area contributed by atoms with E-state index in [4.69, 9.17) is 9.47 Å². The number of aryl methyl sites for hydroxylation is 1. The van der Waals surface area contributed by atoms with Crippen LogP contribution in [0.25, 0.3) is 0 Å². The number of aromatic nitrogens is 2. The van der Waals surface area contributed by atoms with Gasteiger partial charge < -0.3 is 19.1 Å². The Labute approximate surface area is 122 Å². The third-order valence-corrected chi connectivity index (χ3v) is 3.01. The molecule has 2 aromatic rings. The van der Waals surface area contributed by atoms with Gasteiger partial charge in [0.1, 0.15) is 18.0 Å². The van der Waals surface area contributed by atoms with Crippen molar-refractivity contribution >= 4 is 5.97 Å². The van der Waals surface area contributed by atoms with Gasteiger partial charge in [-0.2, -0.15) is 0 Å². The van der Waals surface area contributed by atoms with Crippen LogP contribution in [-0.2, 0) is 6.54 Å². The van der Waals surface area contributed by atoms with E-state index in [1.807, 2.05) is 24.6 Å². The second-order valence-electron chi connectivity index (χ2n) is 4.39. The zero-order valence-electron chi connectivity index (χ0n) is 12.1. The minimum Gasteiger partial charge on any atom is -0.490 e. The SMILES string of the molecule is CCOc1cccc(C(=O)O)c1OCCn1ccnc1C. The number of hydrogen-bond donors (Lipinski definition) is 1. The molecule has 0 radical (unpaired) electrons.